The number of nitrogens with zero attached hydrogens (tertiary/aromatic N) is 1. The van der Waals surface area contributed by atoms with Crippen LogP contribution in [0.25, 0.3) is 0 Å². The van der Waals surface area contributed by atoms with Crippen LogP contribution in [0.1, 0.15) is 47.1 Å². The highest BCUT2D eigenvalue weighted by molar-refractivity contribution is 6.30. The van der Waals surface area contributed by atoms with Crippen LogP contribution in [0.5, 0.6) is 0 Å². The van der Waals surface area contributed by atoms with E-state index in [2.05, 4.69) is 15.6 Å². The second kappa shape index (κ2) is 9.03. The van der Waals surface area contributed by atoms with Crippen LogP contribution in [0, 0.1) is 5.82 Å². The molecule has 150 valence electrons. The Labute approximate surface area is 163 Å². The number of hydrogen-bond donors (Lipinski definition) is 2. The van der Waals surface area contributed by atoms with Crippen LogP contribution in [0.15, 0.2) is 23.2 Å². The molecule has 1 aromatic carbocycles. The fourth-order valence-electron chi connectivity index (χ4n) is 1.73. The van der Waals surface area contributed by atoms with E-state index in [4.69, 9.17) is 21.1 Å². The Hall–Kier alpha value is -2.35. The second-order valence-electron chi connectivity index (χ2n) is 7.65. The largest absolute Gasteiger partial charge is 0.444 e. The van der Waals surface area contributed by atoms with E-state index >= 15 is 0 Å². The Balaban J connectivity index is 2.94. The zero-order valence-electron chi connectivity index (χ0n) is 16.3. The normalized spacial score (nSPS) is 11.4. The Kier molecular flexibility index (Phi) is 7.59. The van der Waals surface area contributed by atoms with Crippen LogP contribution in [-0.4, -0.2) is 29.3 Å². The van der Waals surface area contributed by atoms with Crippen molar-refractivity contribution >= 4 is 29.7 Å². The van der Waals surface area contributed by atoms with Crippen molar-refractivity contribution in [2.45, 2.75) is 59.3 Å². The minimum atomic E-state index is -0.825. The first-order valence-corrected chi connectivity index (χ1v) is 8.61. The molecule has 0 aliphatic carbocycles. The van der Waals surface area contributed by atoms with Gasteiger partial charge in [0.1, 0.15) is 17.0 Å². The van der Waals surface area contributed by atoms with E-state index in [1.54, 1.807) is 41.5 Å². The zero-order valence-corrected chi connectivity index (χ0v) is 17.0. The van der Waals surface area contributed by atoms with Gasteiger partial charge in [0.05, 0.1) is 6.54 Å². The van der Waals surface area contributed by atoms with Crippen molar-refractivity contribution in [3.8, 4) is 0 Å². The highest BCUT2D eigenvalue weighted by atomic mass is 35.5. The highest BCUT2D eigenvalue weighted by Crippen LogP contribution is 2.15. The monoisotopic (exact) mass is 401 g/mol. The van der Waals surface area contributed by atoms with Crippen LogP contribution >= 0.6 is 11.6 Å². The number of aliphatic imine (C=N–C) groups is 1. The first-order valence-electron chi connectivity index (χ1n) is 8.23. The van der Waals surface area contributed by atoms with Crippen LogP contribution in [-0.2, 0) is 16.0 Å². The van der Waals surface area contributed by atoms with Gasteiger partial charge in [0.25, 0.3) is 0 Å². The lowest BCUT2D eigenvalue weighted by Gasteiger charge is -2.22. The number of amides is 2. The summed E-state index contributed by atoms with van der Waals surface area (Å²) < 4.78 is 24.1. The van der Waals surface area contributed by atoms with Gasteiger partial charge in [0.2, 0.25) is 5.96 Å². The van der Waals surface area contributed by atoms with Gasteiger partial charge in [-0.15, -0.1) is 0 Å². The van der Waals surface area contributed by atoms with E-state index < -0.39 is 29.2 Å². The molecular formula is C18H25ClFN3O4. The maximum atomic E-state index is 13.9. The van der Waals surface area contributed by atoms with Gasteiger partial charge in [-0.2, -0.15) is 0 Å². The quantitative estimate of drug-likeness (QED) is 0.568. The van der Waals surface area contributed by atoms with E-state index in [0.717, 1.165) is 6.07 Å². The van der Waals surface area contributed by atoms with Gasteiger partial charge in [-0.1, -0.05) is 17.7 Å². The number of guanidine groups is 1. The van der Waals surface area contributed by atoms with E-state index in [1.165, 1.54) is 12.1 Å². The average Bonchev–Trinajstić information content (AvgIpc) is 2.41. The van der Waals surface area contributed by atoms with Gasteiger partial charge in [-0.25, -0.2) is 19.0 Å². The number of alkyl carbamates (subject to hydrolysis) is 2. The van der Waals surface area contributed by atoms with Crippen LogP contribution in [0.2, 0.25) is 5.02 Å². The molecule has 0 heterocycles. The summed E-state index contributed by atoms with van der Waals surface area (Å²) in [5.41, 5.74) is -1.26. The highest BCUT2D eigenvalue weighted by Gasteiger charge is 2.21. The van der Waals surface area contributed by atoms with Gasteiger partial charge in [0, 0.05) is 10.6 Å². The van der Waals surface area contributed by atoms with Crippen LogP contribution in [0.3, 0.4) is 0 Å². The fourth-order valence-corrected chi connectivity index (χ4v) is 1.88. The van der Waals surface area contributed by atoms with Gasteiger partial charge >= 0.3 is 12.2 Å². The van der Waals surface area contributed by atoms with Crippen molar-refractivity contribution < 1.29 is 23.5 Å². The summed E-state index contributed by atoms with van der Waals surface area (Å²) in [7, 11) is 0. The van der Waals surface area contributed by atoms with Crippen molar-refractivity contribution in [3.63, 3.8) is 0 Å². The number of hydrogen-bond acceptors (Lipinski definition) is 5. The Morgan fingerprint density at radius 1 is 1.04 bits per heavy atom. The minimum absolute atomic E-state index is 0.149. The molecule has 0 radical (unpaired) electrons. The number of ether oxygens (including phenoxy) is 2. The number of carbonyl (C=O) groups excluding carboxylic acids is 2. The molecule has 1 aromatic rings. The molecule has 27 heavy (non-hydrogen) atoms. The minimum Gasteiger partial charge on any atom is -0.444 e. The van der Waals surface area contributed by atoms with E-state index in [-0.39, 0.29) is 23.1 Å². The zero-order chi connectivity index (χ0) is 20.8. The summed E-state index contributed by atoms with van der Waals surface area (Å²) in [4.78, 5) is 28.0. The predicted octanol–water partition coefficient (Wildman–Crippen LogP) is 4.38. The summed E-state index contributed by atoms with van der Waals surface area (Å²) in [6.45, 7) is 9.98. The topological polar surface area (TPSA) is 89.0 Å². The molecule has 2 N–H and O–H groups in total. The van der Waals surface area contributed by atoms with Gasteiger partial charge in [-0.3, -0.25) is 10.6 Å². The van der Waals surface area contributed by atoms with Crippen molar-refractivity contribution in [1.29, 1.82) is 0 Å². The lowest BCUT2D eigenvalue weighted by atomic mass is 10.2. The molecule has 9 heteroatoms. The fraction of sp³-hybridized carbons (Fsp3) is 0.500. The van der Waals surface area contributed by atoms with E-state index in [1.807, 2.05) is 0 Å². The van der Waals surface area contributed by atoms with Gasteiger partial charge in [0.15, 0.2) is 0 Å². The maximum absolute atomic E-state index is 13.9. The summed E-state index contributed by atoms with van der Waals surface area (Å²) in [6.07, 6.45) is -1.65. The number of carbonyl (C=O) groups is 2. The summed E-state index contributed by atoms with van der Waals surface area (Å²) >= 11 is 5.72. The van der Waals surface area contributed by atoms with Crippen molar-refractivity contribution in [3.05, 3.63) is 34.6 Å². The number of benzene rings is 1. The van der Waals surface area contributed by atoms with Crippen molar-refractivity contribution in [2.24, 2.45) is 4.99 Å². The number of nitrogens with one attached hydrogen (secondary N) is 2. The number of rotatable bonds is 2. The maximum Gasteiger partial charge on any atom is 0.414 e. The first-order chi connectivity index (χ1) is 12.2. The molecule has 0 aliphatic rings. The molecule has 2 amide bonds. The molecule has 0 bridgehead atoms. The number of halogens is 2. The third-order valence-corrected chi connectivity index (χ3v) is 2.90. The molecule has 1 rings (SSSR count). The van der Waals surface area contributed by atoms with Crippen LogP contribution in [0.4, 0.5) is 14.0 Å². The molecule has 0 aliphatic heterocycles. The average molecular weight is 402 g/mol. The molecular weight excluding hydrogens is 377 g/mol. The molecule has 0 saturated carbocycles. The smallest absolute Gasteiger partial charge is 0.414 e. The van der Waals surface area contributed by atoms with E-state index in [0.29, 0.717) is 0 Å². The molecule has 0 saturated heterocycles. The Bertz CT molecular complexity index is 692. The molecule has 0 fully saturated rings. The summed E-state index contributed by atoms with van der Waals surface area (Å²) in [5, 5.41) is 4.89. The van der Waals surface area contributed by atoms with Crippen molar-refractivity contribution in [2.75, 3.05) is 0 Å². The molecule has 7 nitrogen and oxygen atoms in total. The Morgan fingerprint density at radius 3 is 1.93 bits per heavy atom. The second-order valence-corrected chi connectivity index (χ2v) is 8.09. The lowest BCUT2D eigenvalue weighted by Crippen LogP contribution is -2.47. The molecule has 0 spiro atoms. The Morgan fingerprint density at radius 2 is 1.52 bits per heavy atom. The van der Waals surface area contributed by atoms with Crippen molar-refractivity contribution in [1.82, 2.24) is 10.6 Å². The van der Waals surface area contributed by atoms with E-state index in [9.17, 15) is 14.0 Å². The lowest BCUT2D eigenvalue weighted by molar-refractivity contribution is 0.0545. The predicted molar refractivity (Wildman–Crippen MR) is 101 cm³/mol. The summed E-state index contributed by atoms with van der Waals surface area (Å²) in [6, 6.07) is 4.12. The van der Waals surface area contributed by atoms with Crippen LogP contribution < -0.4 is 10.6 Å². The summed E-state index contributed by atoms with van der Waals surface area (Å²) in [5.74, 6) is -0.784. The molecule has 0 atom stereocenters. The molecule has 0 unspecified atom stereocenters. The van der Waals surface area contributed by atoms with Gasteiger partial charge < -0.3 is 9.47 Å². The SMILES string of the molecule is CC(C)(C)OC(=O)NC(=NCc1ccc(Cl)cc1F)NC(=O)OC(C)(C)C. The third kappa shape index (κ3) is 9.79. The van der Waals surface area contributed by atoms with Gasteiger partial charge in [-0.05, 0) is 53.7 Å². The standard InChI is InChI=1S/C18H25ClFN3O4/c1-17(2,3)26-15(24)22-14(23-16(25)27-18(4,5)6)21-10-11-7-8-12(19)9-13(11)20/h7-9H,10H2,1-6H3,(H2,21,22,23,24,25). The molecule has 0 aromatic heterocycles. The third-order valence-electron chi connectivity index (χ3n) is 2.66. The first kappa shape index (κ1) is 22.7.